The Morgan fingerprint density at radius 1 is 1.00 bits per heavy atom. The van der Waals surface area contributed by atoms with Crippen LogP contribution in [0.1, 0.15) is 54.1 Å². The van der Waals surface area contributed by atoms with Crippen LogP contribution in [-0.4, -0.2) is 43.5 Å². The highest BCUT2D eigenvalue weighted by Gasteiger charge is 2.29. The molecule has 1 aliphatic carbocycles. The summed E-state index contributed by atoms with van der Waals surface area (Å²) in [5.41, 5.74) is 2.51. The van der Waals surface area contributed by atoms with Crippen molar-refractivity contribution in [3.05, 3.63) is 59.7 Å². The molecule has 6 heteroatoms. The Bertz CT molecular complexity index is 885. The predicted molar refractivity (Wildman–Crippen MR) is 121 cm³/mol. The van der Waals surface area contributed by atoms with Gasteiger partial charge < -0.3 is 15.4 Å². The van der Waals surface area contributed by atoms with Gasteiger partial charge in [0, 0.05) is 23.7 Å². The molecule has 31 heavy (non-hydrogen) atoms. The van der Waals surface area contributed by atoms with Crippen molar-refractivity contribution in [1.29, 1.82) is 0 Å². The van der Waals surface area contributed by atoms with Gasteiger partial charge in [-0.3, -0.25) is 14.5 Å². The van der Waals surface area contributed by atoms with Crippen molar-refractivity contribution < 1.29 is 14.3 Å². The third-order valence-corrected chi connectivity index (χ3v) is 6.15. The summed E-state index contributed by atoms with van der Waals surface area (Å²) in [6, 6.07) is 15.4. The van der Waals surface area contributed by atoms with Crippen LogP contribution in [0.25, 0.3) is 0 Å². The van der Waals surface area contributed by atoms with E-state index in [9.17, 15) is 9.59 Å². The van der Waals surface area contributed by atoms with Gasteiger partial charge in [-0.15, -0.1) is 0 Å². The fourth-order valence-electron chi connectivity index (χ4n) is 4.10. The second kappa shape index (κ2) is 9.96. The molecule has 2 aliphatic rings. The molecular weight excluding hydrogens is 390 g/mol. The van der Waals surface area contributed by atoms with E-state index in [4.69, 9.17) is 4.74 Å². The number of piperidine rings is 1. The van der Waals surface area contributed by atoms with Gasteiger partial charge >= 0.3 is 0 Å². The number of carbonyl (C=O) groups is 2. The molecule has 2 aromatic carbocycles. The minimum atomic E-state index is -0.101. The smallest absolute Gasteiger partial charge is 0.251 e. The molecule has 6 nitrogen and oxygen atoms in total. The van der Waals surface area contributed by atoms with Crippen molar-refractivity contribution in [2.75, 3.05) is 32.1 Å². The zero-order valence-electron chi connectivity index (χ0n) is 18.1. The molecule has 0 radical (unpaired) electrons. The maximum absolute atomic E-state index is 12.8. The minimum Gasteiger partial charge on any atom is -0.497 e. The lowest BCUT2D eigenvalue weighted by atomic mass is 10.0. The fraction of sp³-hybridized carbons (Fsp3) is 0.440. The summed E-state index contributed by atoms with van der Waals surface area (Å²) in [7, 11) is 1.67. The summed E-state index contributed by atoms with van der Waals surface area (Å²) < 4.78 is 5.29. The number of likely N-dealkylation sites (tertiary alicyclic amines) is 1. The minimum absolute atomic E-state index is 0.0704. The molecule has 0 aromatic heterocycles. The number of methoxy groups -OCH3 is 1. The third kappa shape index (κ3) is 5.64. The number of hydrogen-bond acceptors (Lipinski definition) is 4. The normalized spacial score (nSPS) is 17.6. The number of hydrogen-bond donors (Lipinski definition) is 2. The molecule has 2 amide bonds. The van der Waals surface area contributed by atoms with Crippen LogP contribution in [0.4, 0.5) is 5.69 Å². The van der Waals surface area contributed by atoms with Crippen LogP contribution in [0.15, 0.2) is 48.5 Å². The Labute approximate surface area is 184 Å². The van der Waals surface area contributed by atoms with Gasteiger partial charge in [-0.05, 0) is 80.7 Å². The standard InChI is InChI=1S/C25H31N3O3/c1-31-22-13-9-18(10-14-22)23(28-15-3-2-4-16-28)17-26-24(29)19-7-11-21(12-8-19)27-25(30)20-5-6-20/h7-14,20,23H,2-6,15-17H2,1H3,(H,26,29)(H,27,30). The Morgan fingerprint density at radius 3 is 2.29 bits per heavy atom. The maximum atomic E-state index is 12.8. The molecule has 4 rings (SSSR count). The molecule has 1 unspecified atom stereocenters. The first kappa shape index (κ1) is 21.4. The summed E-state index contributed by atoms with van der Waals surface area (Å²) >= 11 is 0. The third-order valence-electron chi connectivity index (χ3n) is 6.15. The van der Waals surface area contributed by atoms with E-state index in [1.807, 2.05) is 12.1 Å². The lowest BCUT2D eigenvalue weighted by Gasteiger charge is -2.35. The molecule has 1 aliphatic heterocycles. The number of nitrogens with one attached hydrogen (secondary N) is 2. The first-order chi connectivity index (χ1) is 15.1. The summed E-state index contributed by atoms with van der Waals surface area (Å²) in [6.07, 6.45) is 5.59. The summed E-state index contributed by atoms with van der Waals surface area (Å²) in [6.45, 7) is 2.63. The van der Waals surface area contributed by atoms with E-state index >= 15 is 0 Å². The number of anilines is 1. The van der Waals surface area contributed by atoms with E-state index in [0.717, 1.165) is 37.4 Å². The number of ether oxygens (including phenoxy) is 1. The fourth-order valence-corrected chi connectivity index (χ4v) is 4.10. The van der Waals surface area contributed by atoms with Crippen molar-refractivity contribution in [3.63, 3.8) is 0 Å². The van der Waals surface area contributed by atoms with E-state index in [1.165, 1.54) is 24.8 Å². The van der Waals surface area contributed by atoms with Gasteiger partial charge in [0.25, 0.3) is 5.91 Å². The molecule has 2 fully saturated rings. The number of rotatable bonds is 8. The molecule has 1 saturated carbocycles. The Hall–Kier alpha value is -2.86. The number of amides is 2. The van der Waals surface area contributed by atoms with E-state index in [2.05, 4.69) is 27.7 Å². The Balaban J connectivity index is 1.39. The highest BCUT2D eigenvalue weighted by Crippen LogP contribution is 2.30. The van der Waals surface area contributed by atoms with Gasteiger partial charge in [0.2, 0.25) is 5.91 Å². The molecule has 2 aromatic rings. The molecule has 164 valence electrons. The molecule has 0 spiro atoms. The van der Waals surface area contributed by atoms with E-state index in [1.54, 1.807) is 31.4 Å². The predicted octanol–water partition coefficient (Wildman–Crippen LogP) is 4.00. The molecule has 1 saturated heterocycles. The average Bonchev–Trinajstić information content (AvgIpc) is 3.66. The van der Waals surface area contributed by atoms with Gasteiger partial charge in [-0.1, -0.05) is 18.6 Å². The second-order valence-corrected chi connectivity index (χ2v) is 8.44. The largest absolute Gasteiger partial charge is 0.497 e. The topological polar surface area (TPSA) is 70.7 Å². The second-order valence-electron chi connectivity index (χ2n) is 8.44. The van der Waals surface area contributed by atoms with Gasteiger partial charge in [0.1, 0.15) is 5.75 Å². The van der Waals surface area contributed by atoms with Crippen molar-refractivity contribution >= 4 is 17.5 Å². The van der Waals surface area contributed by atoms with Crippen LogP contribution in [0, 0.1) is 5.92 Å². The highest BCUT2D eigenvalue weighted by atomic mass is 16.5. The zero-order chi connectivity index (χ0) is 21.6. The summed E-state index contributed by atoms with van der Waals surface area (Å²) in [5.74, 6) is 0.961. The van der Waals surface area contributed by atoms with Crippen LogP contribution in [0.5, 0.6) is 5.75 Å². The number of carbonyl (C=O) groups excluding carboxylic acids is 2. The highest BCUT2D eigenvalue weighted by molar-refractivity contribution is 5.96. The monoisotopic (exact) mass is 421 g/mol. The first-order valence-electron chi connectivity index (χ1n) is 11.2. The van der Waals surface area contributed by atoms with Crippen LogP contribution in [-0.2, 0) is 4.79 Å². The Kier molecular flexibility index (Phi) is 6.87. The number of benzene rings is 2. The zero-order valence-corrected chi connectivity index (χ0v) is 18.1. The van der Waals surface area contributed by atoms with Crippen molar-refractivity contribution in [3.8, 4) is 5.75 Å². The van der Waals surface area contributed by atoms with Crippen molar-refractivity contribution in [2.24, 2.45) is 5.92 Å². The SMILES string of the molecule is COc1ccc(C(CNC(=O)c2ccc(NC(=O)C3CC3)cc2)N2CCCCC2)cc1. The molecule has 2 N–H and O–H groups in total. The molecule has 0 bridgehead atoms. The van der Waals surface area contributed by atoms with Crippen molar-refractivity contribution in [1.82, 2.24) is 10.2 Å². The van der Waals surface area contributed by atoms with Crippen molar-refractivity contribution in [2.45, 2.75) is 38.1 Å². The van der Waals surface area contributed by atoms with Gasteiger partial charge in [-0.25, -0.2) is 0 Å². The molecule has 1 heterocycles. The van der Waals surface area contributed by atoms with Gasteiger partial charge in [-0.2, -0.15) is 0 Å². The lowest BCUT2D eigenvalue weighted by molar-refractivity contribution is -0.117. The number of nitrogens with zero attached hydrogens (tertiary/aromatic N) is 1. The summed E-state index contributed by atoms with van der Waals surface area (Å²) in [5, 5.41) is 6.02. The maximum Gasteiger partial charge on any atom is 0.251 e. The first-order valence-corrected chi connectivity index (χ1v) is 11.2. The summed E-state index contributed by atoms with van der Waals surface area (Å²) in [4.78, 5) is 27.1. The average molecular weight is 422 g/mol. The van der Waals surface area contributed by atoms with Gasteiger partial charge in [0.15, 0.2) is 0 Å². The van der Waals surface area contributed by atoms with Crippen LogP contribution in [0.3, 0.4) is 0 Å². The quantitative estimate of drug-likeness (QED) is 0.676. The Morgan fingerprint density at radius 2 is 1.68 bits per heavy atom. The lowest BCUT2D eigenvalue weighted by Crippen LogP contribution is -2.40. The van der Waals surface area contributed by atoms with Crippen LogP contribution < -0.4 is 15.4 Å². The van der Waals surface area contributed by atoms with E-state index < -0.39 is 0 Å². The van der Waals surface area contributed by atoms with E-state index in [-0.39, 0.29) is 23.8 Å². The van der Waals surface area contributed by atoms with E-state index in [0.29, 0.717) is 12.1 Å². The molecule has 1 atom stereocenters. The molecular formula is C25H31N3O3. The van der Waals surface area contributed by atoms with Crippen LogP contribution in [0.2, 0.25) is 0 Å². The van der Waals surface area contributed by atoms with Gasteiger partial charge in [0.05, 0.1) is 13.2 Å². The van der Waals surface area contributed by atoms with Crippen LogP contribution >= 0.6 is 0 Å².